The van der Waals surface area contributed by atoms with E-state index in [1.54, 1.807) is 30.3 Å². The number of oxime groups is 1. The Morgan fingerprint density at radius 3 is 2.58 bits per heavy atom. The second kappa shape index (κ2) is 8.75. The van der Waals surface area contributed by atoms with E-state index in [9.17, 15) is 10.1 Å². The van der Waals surface area contributed by atoms with Crippen LogP contribution in [0.25, 0.3) is 0 Å². The van der Waals surface area contributed by atoms with Gasteiger partial charge in [-0.1, -0.05) is 61.3 Å². The fourth-order valence-electron chi connectivity index (χ4n) is 2.02. The molecule has 26 heavy (non-hydrogen) atoms. The summed E-state index contributed by atoms with van der Waals surface area (Å²) in [6.45, 7) is 6.19. The van der Waals surface area contributed by atoms with Crippen molar-refractivity contribution in [1.82, 2.24) is 0 Å². The summed E-state index contributed by atoms with van der Waals surface area (Å²) in [7, 11) is 0. The van der Waals surface area contributed by atoms with Crippen LogP contribution in [0.1, 0.15) is 31.9 Å². The van der Waals surface area contributed by atoms with E-state index >= 15 is 0 Å². The van der Waals surface area contributed by atoms with Crippen LogP contribution in [0, 0.1) is 10.1 Å². The summed E-state index contributed by atoms with van der Waals surface area (Å²) in [5.41, 5.74) is 1.38. The predicted molar refractivity (Wildman–Crippen MR) is 108 cm³/mol. The van der Waals surface area contributed by atoms with Gasteiger partial charge in [-0.25, -0.2) is 0 Å². The Morgan fingerprint density at radius 1 is 1.23 bits per heavy atom. The molecule has 0 aliphatic heterocycles. The molecule has 5 nitrogen and oxygen atoms in total. The van der Waals surface area contributed by atoms with Crippen molar-refractivity contribution in [2.24, 2.45) is 5.16 Å². The second-order valence-corrected chi connectivity index (χ2v) is 9.15. The molecule has 0 spiro atoms. The van der Waals surface area contributed by atoms with Crippen LogP contribution in [-0.4, -0.2) is 15.9 Å². The van der Waals surface area contributed by atoms with Gasteiger partial charge >= 0.3 is 0 Å². The highest BCUT2D eigenvalue weighted by Crippen LogP contribution is 2.37. The first kappa shape index (κ1) is 20.6. The van der Waals surface area contributed by atoms with Crippen LogP contribution in [-0.2, 0) is 11.4 Å². The summed E-state index contributed by atoms with van der Waals surface area (Å²) in [4.78, 5) is 16.8. The van der Waals surface area contributed by atoms with Crippen LogP contribution in [0.4, 0.5) is 5.69 Å². The molecule has 0 fully saturated rings. The molecule has 0 N–H and O–H groups in total. The fourth-order valence-corrected chi connectivity index (χ4v) is 3.51. The van der Waals surface area contributed by atoms with E-state index in [0.717, 1.165) is 5.56 Å². The molecule has 0 aliphatic carbocycles. The molecule has 0 radical (unpaired) electrons. The Morgan fingerprint density at radius 2 is 1.96 bits per heavy atom. The molecule has 2 aromatic rings. The number of rotatable bonds is 6. The van der Waals surface area contributed by atoms with Crippen LogP contribution >= 0.6 is 35.0 Å². The normalized spacial score (nSPS) is 11.7. The second-order valence-electron chi connectivity index (χ2n) is 6.44. The first-order valence-electron chi connectivity index (χ1n) is 7.72. The van der Waals surface area contributed by atoms with E-state index in [4.69, 9.17) is 28.0 Å². The van der Waals surface area contributed by atoms with Gasteiger partial charge < -0.3 is 4.84 Å². The lowest BCUT2D eigenvalue weighted by molar-refractivity contribution is -0.387. The highest BCUT2D eigenvalue weighted by atomic mass is 35.5. The lowest BCUT2D eigenvalue weighted by atomic mass is 10.2. The van der Waals surface area contributed by atoms with Gasteiger partial charge in [0.15, 0.2) is 0 Å². The van der Waals surface area contributed by atoms with Gasteiger partial charge in [-0.3, -0.25) is 10.1 Å². The minimum Gasteiger partial charge on any atom is -0.391 e. The summed E-state index contributed by atoms with van der Waals surface area (Å²) in [6.07, 6.45) is 1.43. The van der Waals surface area contributed by atoms with Crippen molar-refractivity contribution in [2.45, 2.75) is 37.0 Å². The lowest BCUT2D eigenvalue weighted by Crippen LogP contribution is -2.07. The van der Waals surface area contributed by atoms with Gasteiger partial charge in [0.1, 0.15) is 6.61 Å². The predicted octanol–water partition coefficient (Wildman–Crippen LogP) is 6.34. The van der Waals surface area contributed by atoms with Crippen molar-refractivity contribution in [3.63, 3.8) is 0 Å². The Labute approximate surface area is 166 Å². The van der Waals surface area contributed by atoms with E-state index in [2.05, 4.69) is 5.16 Å². The van der Waals surface area contributed by atoms with Crippen LogP contribution < -0.4 is 0 Å². The standard InChI is InChI=1S/C18H18Cl2N2O3S/c1-18(2,3)26-17-7-4-12(8-16(17)22(23)24)10-21-25-11-13-5-6-14(19)9-15(13)20/h4-10H,11H2,1-3H3/b21-10+. The fraction of sp³-hybridized carbons (Fsp3) is 0.278. The number of hydrogen-bond donors (Lipinski definition) is 0. The number of hydrogen-bond acceptors (Lipinski definition) is 5. The Bertz CT molecular complexity index is 836. The smallest absolute Gasteiger partial charge is 0.283 e. The quantitative estimate of drug-likeness (QED) is 0.240. The van der Waals surface area contributed by atoms with Crippen molar-refractivity contribution >= 4 is 46.9 Å². The van der Waals surface area contributed by atoms with Gasteiger partial charge in [-0.05, 0) is 18.2 Å². The van der Waals surface area contributed by atoms with Gasteiger partial charge in [0, 0.05) is 32.0 Å². The van der Waals surface area contributed by atoms with Crippen LogP contribution in [0.3, 0.4) is 0 Å². The molecule has 2 rings (SSSR count). The van der Waals surface area contributed by atoms with Crippen LogP contribution in [0.2, 0.25) is 10.0 Å². The molecule has 0 aliphatic rings. The molecule has 0 unspecified atom stereocenters. The molecule has 0 heterocycles. The van der Waals surface area contributed by atoms with E-state index < -0.39 is 0 Å². The van der Waals surface area contributed by atoms with E-state index in [1.165, 1.54) is 24.0 Å². The number of nitrogens with zero attached hydrogens (tertiary/aromatic N) is 2. The first-order valence-corrected chi connectivity index (χ1v) is 9.30. The molecule has 0 atom stereocenters. The SMILES string of the molecule is CC(C)(C)Sc1ccc(/C=N/OCc2ccc(Cl)cc2Cl)cc1[N+](=O)[O-]. The Hall–Kier alpha value is -1.76. The van der Waals surface area contributed by atoms with E-state index in [1.807, 2.05) is 20.8 Å². The monoisotopic (exact) mass is 412 g/mol. The van der Waals surface area contributed by atoms with Crippen molar-refractivity contribution in [2.75, 3.05) is 0 Å². The van der Waals surface area contributed by atoms with Crippen LogP contribution in [0.15, 0.2) is 46.4 Å². The zero-order valence-corrected chi connectivity index (χ0v) is 16.9. The number of thioether (sulfide) groups is 1. The molecule has 2 aromatic carbocycles. The lowest BCUT2D eigenvalue weighted by Gasteiger charge is -2.17. The molecule has 0 saturated heterocycles. The van der Waals surface area contributed by atoms with E-state index in [0.29, 0.717) is 20.5 Å². The maximum Gasteiger partial charge on any atom is 0.283 e. The summed E-state index contributed by atoms with van der Waals surface area (Å²) < 4.78 is -0.124. The summed E-state index contributed by atoms with van der Waals surface area (Å²) >= 11 is 13.3. The molecule has 0 aromatic heterocycles. The molecular weight excluding hydrogens is 395 g/mol. The number of nitro benzene ring substituents is 1. The Balaban J connectivity index is 2.07. The van der Waals surface area contributed by atoms with Crippen molar-refractivity contribution in [3.05, 3.63) is 67.7 Å². The zero-order valence-electron chi connectivity index (χ0n) is 14.5. The topological polar surface area (TPSA) is 64.7 Å². The number of benzene rings is 2. The largest absolute Gasteiger partial charge is 0.391 e. The third-order valence-corrected chi connectivity index (χ3v) is 4.87. The van der Waals surface area contributed by atoms with Gasteiger partial charge in [0.05, 0.1) is 16.0 Å². The molecule has 138 valence electrons. The minimum atomic E-state index is -0.389. The van der Waals surface area contributed by atoms with Gasteiger partial charge in [0.2, 0.25) is 0 Å². The maximum absolute atomic E-state index is 11.3. The number of halogens is 2. The molecule has 0 amide bonds. The highest BCUT2D eigenvalue weighted by molar-refractivity contribution is 8.00. The van der Waals surface area contributed by atoms with E-state index in [-0.39, 0.29) is 22.0 Å². The van der Waals surface area contributed by atoms with Gasteiger partial charge in [-0.2, -0.15) is 0 Å². The van der Waals surface area contributed by atoms with Crippen molar-refractivity contribution in [1.29, 1.82) is 0 Å². The third-order valence-electron chi connectivity index (χ3n) is 3.11. The average Bonchev–Trinajstić information content (AvgIpc) is 2.52. The average molecular weight is 413 g/mol. The summed E-state index contributed by atoms with van der Waals surface area (Å²) in [5.74, 6) is 0. The van der Waals surface area contributed by atoms with Gasteiger partial charge in [-0.15, -0.1) is 11.8 Å². The number of nitro groups is 1. The molecule has 0 saturated carbocycles. The Kier molecular flexibility index (Phi) is 6.92. The maximum atomic E-state index is 11.3. The first-order chi connectivity index (χ1) is 12.2. The molecule has 0 bridgehead atoms. The van der Waals surface area contributed by atoms with Gasteiger partial charge in [0.25, 0.3) is 5.69 Å². The minimum absolute atomic E-state index is 0.0506. The molecule has 8 heteroatoms. The summed E-state index contributed by atoms with van der Waals surface area (Å²) in [5, 5.41) is 16.2. The van der Waals surface area contributed by atoms with Crippen molar-refractivity contribution in [3.8, 4) is 0 Å². The molecular formula is C18H18Cl2N2O3S. The van der Waals surface area contributed by atoms with Crippen LogP contribution in [0.5, 0.6) is 0 Å². The highest BCUT2D eigenvalue weighted by Gasteiger charge is 2.20. The zero-order chi connectivity index (χ0) is 19.3. The van der Waals surface area contributed by atoms with Crippen molar-refractivity contribution < 1.29 is 9.76 Å². The summed E-state index contributed by atoms with van der Waals surface area (Å²) in [6, 6.07) is 10.1. The third kappa shape index (κ3) is 6.20.